The summed E-state index contributed by atoms with van der Waals surface area (Å²) in [5.74, 6) is 0.851. The number of pyridine rings is 1. The maximum Gasteiger partial charge on any atom is 0.0724 e. The van der Waals surface area contributed by atoms with Gasteiger partial charge in [0.15, 0.2) is 0 Å². The average Bonchev–Trinajstić information content (AvgIpc) is 3.13. The van der Waals surface area contributed by atoms with E-state index in [9.17, 15) is 0 Å². The lowest BCUT2D eigenvalue weighted by Gasteiger charge is -2.10. The van der Waals surface area contributed by atoms with Crippen LogP contribution in [0, 0.1) is 5.92 Å². The first kappa shape index (κ1) is 9.46. The van der Waals surface area contributed by atoms with Crippen LogP contribution < -0.4 is 11.1 Å². The summed E-state index contributed by atoms with van der Waals surface area (Å²) in [6.07, 6.45) is 4.49. The van der Waals surface area contributed by atoms with Crippen molar-refractivity contribution in [3.05, 3.63) is 30.5 Å². The molecule has 0 aliphatic heterocycles. The van der Waals surface area contributed by atoms with E-state index in [0.29, 0.717) is 0 Å². The van der Waals surface area contributed by atoms with Gasteiger partial charge >= 0.3 is 0 Å². The van der Waals surface area contributed by atoms with Gasteiger partial charge in [0.25, 0.3) is 0 Å². The summed E-state index contributed by atoms with van der Waals surface area (Å²) in [7, 11) is 0. The fraction of sp³-hybridized carbons (Fsp3) is 0.308. The van der Waals surface area contributed by atoms with Crippen LogP contribution in [0.4, 0.5) is 11.4 Å². The van der Waals surface area contributed by atoms with Gasteiger partial charge in [-0.15, -0.1) is 0 Å². The van der Waals surface area contributed by atoms with E-state index in [0.717, 1.165) is 34.7 Å². The first-order valence-electron chi connectivity index (χ1n) is 5.71. The summed E-state index contributed by atoms with van der Waals surface area (Å²) < 4.78 is 0. The zero-order valence-corrected chi connectivity index (χ0v) is 9.11. The molecule has 0 atom stereocenters. The molecular formula is C13H15N3. The maximum atomic E-state index is 6.12. The van der Waals surface area contributed by atoms with Crippen LogP contribution in [0.25, 0.3) is 10.9 Å². The van der Waals surface area contributed by atoms with Gasteiger partial charge in [-0.3, -0.25) is 4.98 Å². The Kier molecular flexibility index (Phi) is 2.17. The molecule has 3 rings (SSSR count). The molecule has 82 valence electrons. The number of nitrogen functional groups attached to an aromatic ring is 1. The van der Waals surface area contributed by atoms with Crippen molar-refractivity contribution < 1.29 is 0 Å². The van der Waals surface area contributed by atoms with Crippen molar-refractivity contribution in [2.24, 2.45) is 5.92 Å². The molecule has 0 bridgehead atoms. The molecule has 0 radical (unpaired) electrons. The number of aromatic nitrogens is 1. The highest BCUT2D eigenvalue weighted by atomic mass is 14.9. The van der Waals surface area contributed by atoms with Gasteiger partial charge in [-0.2, -0.15) is 0 Å². The summed E-state index contributed by atoms with van der Waals surface area (Å²) >= 11 is 0. The van der Waals surface area contributed by atoms with Gasteiger partial charge in [0.05, 0.1) is 16.9 Å². The minimum atomic E-state index is 0.811. The lowest BCUT2D eigenvalue weighted by molar-refractivity contribution is 0.890. The molecule has 0 spiro atoms. The van der Waals surface area contributed by atoms with Crippen LogP contribution in [0.3, 0.4) is 0 Å². The van der Waals surface area contributed by atoms with E-state index in [1.165, 1.54) is 12.8 Å². The van der Waals surface area contributed by atoms with Crippen molar-refractivity contribution in [2.45, 2.75) is 12.8 Å². The second-order valence-corrected chi connectivity index (χ2v) is 4.42. The molecule has 1 aromatic heterocycles. The molecule has 1 fully saturated rings. The number of anilines is 2. The number of benzene rings is 1. The molecule has 1 saturated carbocycles. The second kappa shape index (κ2) is 3.67. The summed E-state index contributed by atoms with van der Waals surface area (Å²) in [4.78, 5) is 4.28. The van der Waals surface area contributed by atoms with Gasteiger partial charge in [0, 0.05) is 18.1 Å². The Morgan fingerprint density at radius 3 is 3.00 bits per heavy atom. The van der Waals surface area contributed by atoms with E-state index < -0.39 is 0 Å². The number of nitrogens with zero attached hydrogens (tertiary/aromatic N) is 1. The maximum absolute atomic E-state index is 6.12. The SMILES string of the molecule is Nc1c(NCC2CC2)ccc2ncccc12. The number of hydrogen-bond donors (Lipinski definition) is 2. The molecule has 0 amide bonds. The van der Waals surface area contributed by atoms with Crippen molar-refractivity contribution in [3.63, 3.8) is 0 Å². The standard InChI is InChI=1S/C13H15N3/c14-13-10-2-1-7-15-11(10)5-6-12(13)16-8-9-3-4-9/h1-2,5-7,9,16H,3-4,8,14H2. The number of rotatable bonds is 3. The van der Waals surface area contributed by atoms with Crippen LogP contribution in [0.5, 0.6) is 0 Å². The first-order chi connectivity index (χ1) is 7.84. The van der Waals surface area contributed by atoms with E-state index in [4.69, 9.17) is 5.73 Å². The average molecular weight is 213 g/mol. The highest BCUT2D eigenvalue weighted by molar-refractivity contribution is 5.96. The first-order valence-corrected chi connectivity index (χ1v) is 5.71. The normalized spacial score (nSPS) is 15.2. The molecule has 3 nitrogen and oxygen atoms in total. The summed E-state index contributed by atoms with van der Waals surface area (Å²) in [6, 6.07) is 7.97. The molecule has 1 heterocycles. The Balaban J connectivity index is 1.94. The molecule has 1 aliphatic carbocycles. The van der Waals surface area contributed by atoms with Crippen LogP contribution >= 0.6 is 0 Å². The molecular weight excluding hydrogens is 198 g/mol. The summed E-state index contributed by atoms with van der Waals surface area (Å²) in [5, 5.41) is 4.45. The third kappa shape index (κ3) is 1.69. The lowest BCUT2D eigenvalue weighted by atomic mass is 10.1. The number of nitrogens with one attached hydrogen (secondary N) is 1. The van der Waals surface area contributed by atoms with Crippen LogP contribution in [0.2, 0.25) is 0 Å². The Bertz CT molecular complexity index is 518. The number of nitrogens with two attached hydrogens (primary N) is 1. The van der Waals surface area contributed by atoms with Crippen molar-refractivity contribution in [2.75, 3.05) is 17.6 Å². The largest absolute Gasteiger partial charge is 0.397 e. The van der Waals surface area contributed by atoms with Crippen molar-refractivity contribution in [1.29, 1.82) is 0 Å². The van der Waals surface area contributed by atoms with Gasteiger partial charge in [-0.25, -0.2) is 0 Å². The number of fused-ring (bicyclic) bond motifs is 1. The summed E-state index contributed by atoms with van der Waals surface area (Å²) in [6.45, 7) is 1.04. The smallest absolute Gasteiger partial charge is 0.0724 e. The van der Waals surface area contributed by atoms with E-state index in [1.807, 2.05) is 24.3 Å². The van der Waals surface area contributed by atoms with E-state index >= 15 is 0 Å². The van der Waals surface area contributed by atoms with Crippen LogP contribution in [0.1, 0.15) is 12.8 Å². The zero-order valence-electron chi connectivity index (χ0n) is 9.11. The van der Waals surface area contributed by atoms with Crippen LogP contribution in [-0.4, -0.2) is 11.5 Å². The molecule has 0 unspecified atom stereocenters. The Morgan fingerprint density at radius 2 is 2.19 bits per heavy atom. The Labute approximate surface area is 94.7 Å². The predicted octanol–water partition coefficient (Wildman–Crippen LogP) is 2.64. The molecule has 16 heavy (non-hydrogen) atoms. The van der Waals surface area contributed by atoms with Gasteiger partial charge in [-0.05, 0) is 43.0 Å². The van der Waals surface area contributed by atoms with E-state index in [-0.39, 0.29) is 0 Å². The van der Waals surface area contributed by atoms with Gasteiger partial charge < -0.3 is 11.1 Å². The molecule has 2 aromatic rings. The lowest BCUT2D eigenvalue weighted by Crippen LogP contribution is -2.05. The summed E-state index contributed by atoms with van der Waals surface area (Å²) in [5.41, 5.74) is 8.92. The van der Waals surface area contributed by atoms with Crippen LogP contribution in [-0.2, 0) is 0 Å². The van der Waals surface area contributed by atoms with Crippen molar-refractivity contribution in [1.82, 2.24) is 4.98 Å². The number of hydrogen-bond acceptors (Lipinski definition) is 3. The minimum absolute atomic E-state index is 0.811. The third-order valence-electron chi connectivity index (χ3n) is 3.10. The van der Waals surface area contributed by atoms with Crippen molar-refractivity contribution >= 4 is 22.3 Å². The minimum Gasteiger partial charge on any atom is -0.397 e. The predicted molar refractivity (Wildman–Crippen MR) is 67.4 cm³/mol. The fourth-order valence-electron chi connectivity index (χ4n) is 1.91. The monoisotopic (exact) mass is 213 g/mol. The highest BCUT2D eigenvalue weighted by Gasteiger charge is 2.20. The highest BCUT2D eigenvalue weighted by Crippen LogP contribution is 2.31. The Morgan fingerprint density at radius 1 is 1.31 bits per heavy atom. The third-order valence-corrected chi connectivity index (χ3v) is 3.10. The van der Waals surface area contributed by atoms with Gasteiger partial charge in [0.2, 0.25) is 0 Å². The van der Waals surface area contributed by atoms with Crippen molar-refractivity contribution in [3.8, 4) is 0 Å². The van der Waals surface area contributed by atoms with Crippen LogP contribution in [0.15, 0.2) is 30.5 Å². The topological polar surface area (TPSA) is 50.9 Å². The molecule has 1 aromatic carbocycles. The fourth-order valence-corrected chi connectivity index (χ4v) is 1.91. The quantitative estimate of drug-likeness (QED) is 0.771. The Hall–Kier alpha value is -1.77. The molecule has 3 heteroatoms. The molecule has 3 N–H and O–H groups in total. The molecule has 0 saturated heterocycles. The second-order valence-electron chi connectivity index (χ2n) is 4.42. The van der Waals surface area contributed by atoms with E-state index in [1.54, 1.807) is 6.20 Å². The van der Waals surface area contributed by atoms with Gasteiger partial charge in [0.1, 0.15) is 0 Å². The zero-order chi connectivity index (χ0) is 11.0. The van der Waals surface area contributed by atoms with Gasteiger partial charge in [-0.1, -0.05) is 0 Å². The molecule has 1 aliphatic rings. The van der Waals surface area contributed by atoms with E-state index in [2.05, 4.69) is 10.3 Å².